The van der Waals surface area contributed by atoms with Gasteiger partial charge in [0.05, 0.1) is 11.0 Å². The highest BCUT2D eigenvalue weighted by Gasteiger charge is 2.13. The van der Waals surface area contributed by atoms with Crippen LogP contribution in [-0.2, 0) is 0 Å². The lowest BCUT2D eigenvalue weighted by molar-refractivity contribution is 0.816. The molecule has 0 fully saturated rings. The summed E-state index contributed by atoms with van der Waals surface area (Å²) in [6.45, 7) is 1.78. The van der Waals surface area contributed by atoms with E-state index in [4.69, 9.17) is 0 Å². The predicted molar refractivity (Wildman–Crippen MR) is 102 cm³/mol. The van der Waals surface area contributed by atoms with Crippen molar-refractivity contribution < 1.29 is 0 Å². The van der Waals surface area contributed by atoms with Crippen molar-refractivity contribution in [1.82, 2.24) is 25.0 Å². The first-order valence-corrected chi connectivity index (χ1v) is 8.44. The molecule has 0 aliphatic carbocycles. The highest BCUT2D eigenvalue weighted by atomic mass is 15.3. The third-order valence-electron chi connectivity index (χ3n) is 4.52. The molecular weight excluding hydrogens is 322 g/mol. The Morgan fingerprint density at radius 3 is 2.15 bits per heavy atom. The topological polar surface area (TPSA) is 56.5 Å². The number of aromatic nitrogens is 5. The fourth-order valence-electron chi connectivity index (χ4n) is 3.36. The van der Waals surface area contributed by atoms with Gasteiger partial charge in [0.15, 0.2) is 5.82 Å². The maximum atomic E-state index is 4.17. The maximum Gasteiger partial charge on any atom is 0.203 e. The molecule has 0 aliphatic heterocycles. The summed E-state index contributed by atoms with van der Waals surface area (Å²) < 4.78 is 2.28. The Morgan fingerprint density at radius 1 is 0.654 bits per heavy atom. The van der Waals surface area contributed by atoms with Gasteiger partial charge in [-0.1, -0.05) is 36.4 Å². The summed E-state index contributed by atoms with van der Waals surface area (Å²) in [6, 6.07) is 25.1. The van der Waals surface area contributed by atoms with E-state index in [1.807, 2.05) is 12.1 Å². The zero-order valence-corrected chi connectivity index (χ0v) is 14.2. The normalized spacial score (nSPS) is 11.3. The van der Waals surface area contributed by atoms with E-state index in [9.17, 15) is 0 Å². The van der Waals surface area contributed by atoms with Gasteiger partial charge in [-0.05, 0) is 43.3 Å². The zero-order chi connectivity index (χ0) is 17.5. The van der Waals surface area contributed by atoms with E-state index in [-0.39, 0.29) is 0 Å². The molecule has 5 heteroatoms. The fraction of sp³-hybridized carbons (Fsp3) is 0.0476. The molecule has 0 saturated carbocycles. The first-order chi connectivity index (χ1) is 12.8. The van der Waals surface area contributed by atoms with Crippen LogP contribution in [-0.4, -0.2) is 25.0 Å². The summed E-state index contributed by atoms with van der Waals surface area (Å²) in [5, 5.41) is 18.7. The summed E-state index contributed by atoms with van der Waals surface area (Å²) in [7, 11) is 0. The van der Waals surface area contributed by atoms with Crippen molar-refractivity contribution in [1.29, 1.82) is 0 Å². The first-order valence-electron chi connectivity index (χ1n) is 8.44. The van der Waals surface area contributed by atoms with Gasteiger partial charge in [0, 0.05) is 22.0 Å². The van der Waals surface area contributed by atoms with Crippen molar-refractivity contribution in [2.24, 2.45) is 0 Å². The van der Waals surface area contributed by atoms with Crippen LogP contribution in [0.1, 0.15) is 5.82 Å². The highest BCUT2D eigenvalue weighted by Crippen LogP contribution is 2.33. The van der Waals surface area contributed by atoms with Crippen LogP contribution < -0.4 is 0 Å². The number of hydrogen-bond acceptors (Lipinski definition) is 4. The SMILES string of the molecule is Cc1nnc(-c2ccc3c(c2)c2ccccc2n3-c2ccccc2)nn1. The van der Waals surface area contributed by atoms with Crippen LogP contribution in [0.2, 0.25) is 0 Å². The Labute approximate surface area is 150 Å². The molecule has 5 nitrogen and oxygen atoms in total. The number of para-hydroxylation sites is 2. The average molecular weight is 337 g/mol. The van der Waals surface area contributed by atoms with Crippen LogP contribution in [0.3, 0.4) is 0 Å². The van der Waals surface area contributed by atoms with Crippen LogP contribution >= 0.6 is 0 Å². The molecule has 124 valence electrons. The summed E-state index contributed by atoms with van der Waals surface area (Å²) in [6.07, 6.45) is 0. The maximum absolute atomic E-state index is 4.17. The average Bonchev–Trinajstić information content (AvgIpc) is 3.03. The standard InChI is InChI=1S/C21H15N5/c1-14-22-24-21(25-23-14)15-11-12-20-18(13-15)17-9-5-6-10-19(17)26(20)16-7-3-2-4-8-16/h2-13H,1H3. The van der Waals surface area contributed by atoms with Gasteiger partial charge in [-0.2, -0.15) is 0 Å². The van der Waals surface area contributed by atoms with Gasteiger partial charge in [-0.25, -0.2) is 0 Å². The molecule has 5 aromatic rings. The predicted octanol–water partition coefficient (Wildman–Crippen LogP) is 4.34. The quantitative estimate of drug-likeness (QED) is 0.481. The Balaban J connectivity index is 1.82. The van der Waals surface area contributed by atoms with Crippen molar-refractivity contribution >= 4 is 21.8 Å². The second-order valence-electron chi connectivity index (χ2n) is 6.19. The summed E-state index contributed by atoms with van der Waals surface area (Å²) in [5.41, 5.74) is 4.37. The number of fused-ring (bicyclic) bond motifs is 3. The minimum Gasteiger partial charge on any atom is -0.309 e. The van der Waals surface area contributed by atoms with Gasteiger partial charge in [-0.3, -0.25) is 0 Å². The molecule has 2 heterocycles. The Morgan fingerprint density at radius 2 is 1.35 bits per heavy atom. The number of rotatable bonds is 2. The summed E-state index contributed by atoms with van der Waals surface area (Å²) >= 11 is 0. The third-order valence-corrected chi connectivity index (χ3v) is 4.52. The molecule has 3 aromatic carbocycles. The van der Waals surface area contributed by atoms with Crippen LogP contribution in [0.25, 0.3) is 38.9 Å². The molecule has 0 radical (unpaired) electrons. The lowest BCUT2D eigenvalue weighted by Gasteiger charge is -2.07. The van der Waals surface area contributed by atoms with E-state index < -0.39 is 0 Å². The molecular formula is C21H15N5. The zero-order valence-electron chi connectivity index (χ0n) is 14.2. The number of hydrogen-bond donors (Lipinski definition) is 0. The number of aryl methyl sites for hydroxylation is 1. The molecule has 0 saturated heterocycles. The van der Waals surface area contributed by atoms with Gasteiger partial charge in [0.1, 0.15) is 0 Å². The minimum atomic E-state index is 0.536. The van der Waals surface area contributed by atoms with Gasteiger partial charge in [0.25, 0.3) is 0 Å². The minimum absolute atomic E-state index is 0.536. The van der Waals surface area contributed by atoms with Gasteiger partial charge < -0.3 is 4.57 Å². The van der Waals surface area contributed by atoms with Gasteiger partial charge in [0.2, 0.25) is 5.82 Å². The molecule has 2 aromatic heterocycles. The van der Waals surface area contributed by atoms with Crippen molar-refractivity contribution in [3.05, 3.63) is 78.6 Å². The van der Waals surface area contributed by atoms with E-state index in [0.717, 1.165) is 22.2 Å². The summed E-state index contributed by atoms with van der Waals surface area (Å²) in [5.74, 6) is 1.10. The molecule has 26 heavy (non-hydrogen) atoms. The van der Waals surface area contributed by atoms with Crippen molar-refractivity contribution in [2.45, 2.75) is 6.92 Å². The molecule has 0 bridgehead atoms. The van der Waals surface area contributed by atoms with Crippen molar-refractivity contribution in [3.8, 4) is 17.1 Å². The molecule has 0 N–H and O–H groups in total. The lowest BCUT2D eigenvalue weighted by Crippen LogP contribution is -1.98. The smallest absolute Gasteiger partial charge is 0.203 e. The van der Waals surface area contributed by atoms with E-state index in [2.05, 4.69) is 85.6 Å². The molecule has 5 rings (SSSR count). The van der Waals surface area contributed by atoms with Gasteiger partial charge in [-0.15, -0.1) is 20.4 Å². The van der Waals surface area contributed by atoms with E-state index >= 15 is 0 Å². The Hall–Kier alpha value is -3.60. The van der Waals surface area contributed by atoms with Crippen LogP contribution in [0.15, 0.2) is 72.8 Å². The van der Waals surface area contributed by atoms with Crippen LogP contribution in [0.5, 0.6) is 0 Å². The van der Waals surface area contributed by atoms with E-state index in [1.54, 1.807) is 6.92 Å². The second kappa shape index (κ2) is 5.74. The molecule has 0 unspecified atom stereocenters. The van der Waals surface area contributed by atoms with Crippen molar-refractivity contribution in [2.75, 3.05) is 0 Å². The Bertz CT molecular complexity index is 1220. The number of benzene rings is 3. The Kier molecular flexibility index (Phi) is 3.25. The molecule has 0 amide bonds. The largest absolute Gasteiger partial charge is 0.309 e. The number of nitrogens with zero attached hydrogens (tertiary/aromatic N) is 5. The summed E-state index contributed by atoms with van der Waals surface area (Å²) in [4.78, 5) is 0. The molecule has 0 spiro atoms. The molecule has 0 atom stereocenters. The van der Waals surface area contributed by atoms with Gasteiger partial charge >= 0.3 is 0 Å². The van der Waals surface area contributed by atoms with Crippen molar-refractivity contribution in [3.63, 3.8) is 0 Å². The second-order valence-corrected chi connectivity index (χ2v) is 6.19. The third kappa shape index (κ3) is 2.25. The monoisotopic (exact) mass is 337 g/mol. The van der Waals surface area contributed by atoms with E-state index in [1.165, 1.54) is 10.9 Å². The fourth-order valence-corrected chi connectivity index (χ4v) is 3.36. The van der Waals surface area contributed by atoms with E-state index in [0.29, 0.717) is 11.6 Å². The highest BCUT2D eigenvalue weighted by molar-refractivity contribution is 6.10. The van der Waals surface area contributed by atoms with Crippen LogP contribution in [0.4, 0.5) is 0 Å². The first kappa shape index (κ1) is 14.7. The van der Waals surface area contributed by atoms with Crippen LogP contribution in [0, 0.1) is 6.92 Å². The lowest BCUT2D eigenvalue weighted by atomic mass is 10.1. The molecule has 0 aliphatic rings.